The number of ether oxygens (including phenoxy) is 1. The van der Waals surface area contributed by atoms with Gasteiger partial charge in [0, 0.05) is 6.08 Å². The Balaban J connectivity index is 2.28. The zero-order chi connectivity index (χ0) is 15.0. The number of rotatable bonds is 7. The summed E-state index contributed by atoms with van der Waals surface area (Å²) in [6.45, 7) is 3.02. The maximum absolute atomic E-state index is 11.7. The van der Waals surface area contributed by atoms with Gasteiger partial charge in [-0.15, -0.1) is 0 Å². The minimum atomic E-state index is -0.994. The van der Waals surface area contributed by atoms with Gasteiger partial charge in [0.15, 0.2) is 0 Å². The largest absolute Gasteiger partial charge is 0.481 e. The third-order valence-corrected chi connectivity index (χ3v) is 3.10. The molecule has 1 aliphatic carbocycles. The normalized spacial score (nSPS) is 21.8. The van der Waals surface area contributed by atoms with Crippen molar-refractivity contribution in [2.75, 3.05) is 13.2 Å². The SMILES string of the molecule is C=CC(=O)OCCOOC(=O)C1CCCCC1C(=O)O. The molecule has 0 aromatic carbocycles. The molecule has 2 atom stereocenters. The van der Waals surface area contributed by atoms with Gasteiger partial charge in [0.2, 0.25) is 0 Å². The van der Waals surface area contributed by atoms with Crippen LogP contribution < -0.4 is 0 Å². The summed E-state index contributed by atoms with van der Waals surface area (Å²) in [5.41, 5.74) is 0. The van der Waals surface area contributed by atoms with Crippen molar-refractivity contribution < 1.29 is 34.0 Å². The fourth-order valence-corrected chi connectivity index (χ4v) is 2.11. The first-order valence-corrected chi connectivity index (χ1v) is 6.41. The average Bonchev–Trinajstić information content (AvgIpc) is 2.46. The van der Waals surface area contributed by atoms with Gasteiger partial charge < -0.3 is 9.84 Å². The van der Waals surface area contributed by atoms with E-state index in [1.54, 1.807) is 0 Å². The molecule has 0 radical (unpaired) electrons. The second-order valence-corrected chi connectivity index (χ2v) is 4.43. The lowest BCUT2D eigenvalue weighted by Gasteiger charge is -2.25. The number of hydrogen-bond acceptors (Lipinski definition) is 6. The van der Waals surface area contributed by atoms with Crippen molar-refractivity contribution in [3.63, 3.8) is 0 Å². The van der Waals surface area contributed by atoms with Gasteiger partial charge in [0.05, 0.1) is 11.8 Å². The van der Waals surface area contributed by atoms with Crippen molar-refractivity contribution in [1.82, 2.24) is 0 Å². The van der Waals surface area contributed by atoms with Crippen LogP contribution in [0, 0.1) is 11.8 Å². The molecule has 0 spiro atoms. The standard InChI is InChI=1S/C13H18O7/c1-2-11(14)18-7-8-19-20-13(17)10-6-4-3-5-9(10)12(15)16/h2,9-10H,1,3-8H2,(H,15,16). The van der Waals surface area contributed by atoms with Crippen LogP contribution in [0.5, 0.6) is 0 Å². The van der Waals surface area contributed by atoms with E-state index in [2.05, 4.69) is 21.1 Å². The molecule has 1 fully saturated rings. The molecular weight excluding hydrogens is 268 g/mol. The third kappa shape index (κ3) is 5.00. The van der Waals surface area contributed by atoms with E-state index >= 15 is 0 Å². The molecule has 0 aromatic heterocycles. The fraction of sp³-hybridized carbons (Fsp3) is 0.615. The second-order valence-electron chi connectivity index (χ2n) is 4.43. The van der Waals surface area contributed by atoms with Crippen LogP contribution in [0.4, 0.5) is 0 Å². The van der Waals surface area contributed by atoms with E-state index in [0.717, 1.165) is 18.9 Å². The molecule has 112 valence electrons. The smallest absolute Gasteiger partial charge is 0.346 e. The summed E-state index contributed by atoms with van der Waals surface area (Å²) in [5.74, 6) is -3.69. The summed E-state index contributed by atoms with van der Waals surface area (Å²) >= 11 is 0. The Labute approximate surface area is 116 Å². The second kappa shape index (κ2) is 8.31. The molecular formula is C13H18O7. The number of esters is 1. The molecule has 0 heterocycles. The van der Waals surface area contributed by atoms with Gasteiger partial charge in [-0.1, -0.05) is 19.4 Å². The third-order valence-electron chi connectivity index (χ3n) is 3.10. The van der Waals surface area contributed by atoms with E-state index in [4.69, 9.17) is 5.11 Å². The van der Waals surface area contributed by atoms with Crippen LogP contribution in [0.2, 0.25) is 0 Å². The Morgan fingerprint density at radius 3 is 2.40 bits per heavy atom. The molecule has 1 aliphatic rings. The quantitative estimate of drug-likeness (QED) is 0.246. The van der Waals surface area contributed by atoms with Crippen LogP contribution in [-0.4, -0.2) is 36.2 Å². The monoisotopic (exact) mass is 286 g/mol. The van der Waals surface area contributed by atoms with E-state index in [-0.39, 0.29) is 13.2 Å². The number of hydrogen-bond donors (Lipinski definition) is 1. The first-order chi connectivity index (χ1) is 9.56. The van der Waals surface area contributed by atoms with Crippen molar-refractivity contribution >= 4 is 17.9 Å². The summed E-state index contributed by atoms with van der Waals surface area (Å²) in [4.78, 5) is 42.7. The molecule has 7 heteroatoms. The lowest BCUT2D eigenvalue weighted by atomic mass is 9.79. The Morgan fingerprint density at radius 2 is 1.80 bits per heavy atom. The fourth-order valence-electron chi connectivity index (χ4n) is 2.11. The maximum Gasteiger partial charge on any atom is 0.346 e. The highest BCUT2D eigenvalue weighted by Gasteiger charge is 2.37. The molecule has 2 unspecified atom stereocenters. The van der Waals surface area contributed by atoms with E-state index in [1.807, 2.05) is 0 Å². The van der Waals surface area contributed by atoms with Gasteiger partial charge in [-0.25, -0.2) is 9.59 Å². The van der Waals surface area contributed by atoms with Gasteiger partial charge in [0.25, 0.3) is 0 Å². The topological polar surface area (TPSA) is 99.1 Å². The number of carbonyl (C=O) groups excluding carboxylic acids is 2. The Hall–Kier alpha value is -1.89. The summed E-state index contributed by atoms with van der Waals surface area (Å²) in [6, 6.07) is 0. The zero-order valence-corrected chi connectivity index (χ0v) is 11.1. The molecule has 0 bridgehead atoms. The predicted molar refractivity (Wildman–Crippen MR) is 66.3 cm³/mol. The van der Waals surface area contributed by atoms with Crippen molar-refractivity contribution in [3.05, 3.63) is 12.7 Å². The minimum absolute atomic E-state index is 0.0782. The summed E-state index contributed by atoms with van der Waals surface area (Å²) < 4.78 is 4.61. The highest BCUT2D eigenvalue weighted by atomic mass is 17.2. The van der Waals surface area contributed by atoms with Crippen molar-refractivity contribution in [2.45, 2.75) is 25.7 Å². The van der Waals surface area contributed by atoms with Crippen LogP contribution in [-0.2, 0) is 28.9 Å². The van der Waals surface area contributed by atoms with Gasteiger partial charge in [0.1, 0.15) is 13.2 Å². The highest BCUT2D eigenvalue weighted by molar-refractivity contribution is 5.81. The van der Waals surface area contributed by atoms with Crippen LogP contribution in [0.15, 0.2) is 12.7 Å². The first kappa shape index (κ1) is 16.2. The highest BCUT2D eigenvalue weighted by Crippen LogP contribution is 2.31. The van der Waals surface area contributed by atoms with Crippen molar-refractivity contribution in [3.8, 4) is 0 Å². The number of carbonyl (C=O) groups is 3. The molecule has 7 nitrogen and oxygen atoms in total. The van der Waals surface area contributed by atoms with Crippen LogP contribution in [0.25, 0.3) is 0 Å². The summed E-state index contributed by atoms with van der Waals surface area (Å²) in [6.07, 6.45) is 3.53. The lowest BCUT2D eigenvalue weighted by Crippen LogP contribution is -2.34. The molecule has 1 saturated carbocycles. The first-order valence-electron chi connectivity index (χ1n) is 6.41. The van der Waals surface area contributed by atoms with Gasteiger partial charge in [-0.05, 0) is 12.8 Å². The number of aliphatic carboxylic acids is 1. The van der Waals surface area contributed by atoms with E-state index in [0.29, 0.717) is 12.8 Å². The van der Waals surface area contributed by atoms with E-state index in [9.17, 15) is 14.4 Å². The minimum Gasteiger partial charge on any atom is -0.481 e. The Kier molecular flexibility index (Phi) is 6.72. The molecule has 0 aromatic rings. The van der Waals surface area contributed by atoms with Gasteiger partial charge >= 0.3 is 17.9 Å². The molecule has 0 amide bonds. The van der Waals surface area contributed by atoms with Crippen LogP contribution >= 0.6 is 0 Å². The zero-order valence-electron chi connectivity index (χ0n) is 11.1. The van der Waals surface area contributed by atoms with Crippen LogP contribution in [0.3, 0.4) is 0 Å². The molecule has 1 rings (SSSR count). The molecule has 0 aliphatic heterocycles. The molecule has 0 saturated heterocycles. The molecule has 1 N–H and O–H groups in total. The Morgan fingerprint density at radius 1 is 1.15 bits per heavy atom. The predicted octanol–water partition coefficient (Wildman–Crippen LogP) is 1.08. The van der Waals surface area contributed by atoms with Crippen molar-refractivity contribution in [1.29, 1.82) is 0 Å². The summed E-state index contributed by atoms with van der Waals surface area (Å²) in [5, 5.41) is 9.04. The number of carboxylic acid groups (broad SMARTS) is 1. The number of carboxylic acids is 1. The average molecular weight is 286 g/mol. The lowest BCUT2D eigenvalue weighted by molar-refractivity contribution is -0.281. The van der Waals surface area contributed by atoms with Crippen molar-refractivity contribution in [2.24, 2.45) is 11.8 Å². The maximum atomic E-state index is 11.7. The Bertz CT molecular complexity index is 377. The van der Waals surface area contributed by atoms with Gasteiger partial charge in [-0.3, -0.25) is 9.68 Å². The van der Waals surface area contributed by atoms with E-state index in [1.165, 1.54) is 0 Å². The van der Waals surface area contributed by atoms with Gasteiger partial charge in [-0.2, -0.15) is 4.89 Å². The summed E-state index contributed by atoms with van der Waals surface area (Å²) in [7, 11) is 0. The molecule has 20 heavy (non-hydrogen) atoms. The van der Waals surface area contributed by atoms with Crippen LogP contribution in [0.1, 0.15) is 25.7 Å². The van der Waals surface area contributed by atoms with E-state index < -0.39 is 29.7 Å².